The second-order valence-corrected chi connectivity index (χ2v) is 10.0. The van der Waals surface area contributed by atoms with Crippen molar-refractivity contribution in [2.24, 2.45) is 0 Å². The monoisotopic (exact) mass is 487 g/mol. The fourth-order valence-electron chi connectivity index (χ4n) is 3.31. The molecule has 3 aromatic carbocycles. The van der Waals surface area contributed by atoms with Gasteiger partial charge in [-0.15, -0.1) is 11.3 Å². The zero-order valence-corrected chi connectivity index (χ0v) is 18.5. The van der Waals surface area contributed by atoms with Crippen molar-refractivity contribution in [3.63, 3.8) is 0 Å². The van der Waals surface area contributed by atoms with Gasteiger partial charge in [0.25, 0.3) is 0 Å². The number of nitrogens with zero attached hydrogens (tertiary/aromatic N) is 2. The largest absolute Gasteiger partial charge is 0.416 e. The van der Waals surface area contributed by atoms with Crippen molar-refractivity contribution in [1.29, 1.82) is 5.26 Å². The molecule has 0 aliphatic heterocycles. The van der Waals surface area contributed by atoms with E-state index in [1.54, 1.807) is 42.5 Å². The number of hydrogen-bond donors (Lipinski definition) is 1. The minimum Gasteiger partial charge on any atom is -0.239 e. The lowest BCUT2D eigenvalue weighted by atomic mass is 10.0. The van der Waals surface area contributed by atoms with E-state index in [1.807, 2.05) is 6.07 Å². The lowest BCUT2D eigenvalue weighted by Crippen LogP contribution is -2.30. The molecule has 5 nitrogen and oxygen atoms in total. The number of nitriles is 1. The van der Waals surface area contributed by atoms with Crippen LogP contribution in [0, 0.1) is 11.3 Å². The highest BCUT2D eigenvalue weighted by atomic mass is 32.2. The molecule has 0 spiro atoms. The number of alkyl halides is 3. The first kappa shape index (κ1) is 22.9. The van der Waals surface area contributed by atoms with Gasteiger partial charge in [-0.25, -0.2) is 18.1 Å². The van der Waals surface area contributed by atoms with Gasteiger partial charge in [-0.3, -0.25) is 0 Å². The standard InChI is InChI=1S/C23H16F3N3O2S2/c24-23(25,26)17-9-10-21-19(13-17)28-22(32-21)20(12-15-5-4-6-16(11-15)14-27)29-33(30,31)18-7-2-1-3-8-18/h1-11,13,20,29H,12H2. The molecular weight excluding hydrogens is 471 g/mol. The van der Waals surface area contributed by atoms with E-state index < -0.39 is 27.8 Å². The van der Waals surface area contributed by atoms with Gasteiger partial charge >= 0.3 is 6.18 Å². The van der Waals surface area contributed by atoms with Crippen LogP contribution in [0.4, 0.5) is 13.2 Å². The first-order chi connectivity index (χ1) is 15.7. The highest BCUT2D eigenvalue weighted by Gasteiger charge is 2.31. The van der Waals surface area contributed by atoms with Crippen LogP contribution in [0.25, 0.3) is 10.2 Å². The molecular formula is C23H16F3N3O2S2. The van der Waals surface area contributed by atoms with Gasteiger partial charge in [-0.1, -0.05) is 30.3 Å². The Morgan fingerprint density at radius 2 is 1.79 bits per heavy atom. The molecule has 0 aliphatic carbocycles. The zero-order chi connectivity index (χ0) is 23.6. The minimum atomic E-state index is -4.51. The van der Waals surface area contributed by atoms with Crippen molar-refractivity contribution in [3.05, 3.63) is 94.5 Å². The van der Waals surface area contributed by atoms with Crippen LogP contribution < -0.4 is 4.72 Å². The van der Waals surface area contributed by atoms with Crippen LogP contribution in [0.2, 0.25) is 0 Å². The van der Waals surface area contributed by atoms with E-state index in [0.29, 0.717) is 20.8 Å². The van der Waals surface area contributed by atoms with Crippen LogP contribution in [0.15, 0.2) is 77.7 Å². The summed E-state index contributed by atoms with van der Waals surface area (Å²) in [7, 11) is -3.94. The molecule has 4 rings (SSSR count). The Morgan fingerprint density at radius 3 is 2.48 bits per heavy atom. The molecule has 0 radical (unpaired) electrons. The van der Waals surface area contributed by atoms with Crippen LogP contribution in [0.3, 0.4) is 0 Å². The van der Waals surface area contributed by atoms with E-state index in [-0.39, 0.29) is 16.8 Å². The molecule has 0 aliphatic rings. The summed E-state index contributed by atoms with van der Waals surface area (Å²) in [5, 5.41) is 9.50. The molecule has 0 bridgehead atoms. The molecule has 168 valence electrons. The second-order valence-electron chi connectivity index (χ2n) is 7.24. The third kappa shape index (κ3) is 5.22. The van der Waals surface area contributed by atoms with E-state index in [4.69, 9.17) is 0 Å². The number of rotatable bonds is 6. The summed E-state index contributed by atoms with van der Waals surface area (Å²) in [5.74, 6) is 0. The van der Waals surface area contributed by atoms with E-state index in [2.05, 4.69) is 9.71 Å². The predicted octanol–water partition coefficient (Wildman–Crippen LogP) is 5.45. The number of benzene rings is 3. The first-order valence-corrected chi connectivity index (χ1v) is 12.0. The van der Waals surface area contributed by atoms with E-state index >= 15 is 0 Å². The van der Waals surface area contributed by atoms with E-state index in [0.717, 1.165) is 23.5 Å². The van der Waals surface area contributed by atoms with Crippen molar-refractivity contribution in [3.8, 4) is 6.07 Å². The highest BCUT2D eigenvalue weighted by molar-refractivity contribution is 7.89. The maximum absolute atomic E-state index is 13.1. The maximum atomic E-state index is 13.1. The third-order valence-electron chi connectivity index (χ3n) is 4.88. The molecule has 0 fully saturated rings. The smallest absolute Gasteiger partial charge is 0.239 e. The Bertz CT molecular complexity index is 1440. The lowest BCUT2D eigenvalue weighted by molar-refractivity contribution is -0.137. The van der Waals surface area contributed by atoms with Crippen LogP contribution in [0.1, 0.15) is 27.7 Å². The summed E-state index contributed by atoms with van der Waals surface area (Å²) < 4.78 is 68.5. The molecule has 1 heterocycles. The first-order valence-electron chi connectivity index (χ1n) is 9.70. The number of nitrogens with one attached hydrogen (secondary N) is 1. The fraction of sp³-hybridized carbons (Fsp3) is 0.130. The number of fused-ring (bicyclic) bond motifs is 1. The molecule has 1 atom stereocenters. The molecule has 0 saturated heterocycles. The van der Waals surface area contributed by atoms with Crippen LogP contribution >= 0.6 is 11.3 Å². The van der Waals surface area contributed by atoms with Gasteiger partial charge in [0, 0.05) is 0 Å². The van der Waals surface area contributed by atoms with Crippen molar-refractivity contribution in [2.45, 2.75) is 23.5 Å². The van der Waals surface area contributed by atoms with Crippen LogP contribution in [0.5, 0.6) is 0 Å². The SMILES string of the molecule is N#Cc1cccc(CC(NS(=O)(=O)c2ccccc2)c2nc3cc(C(F)(F)F)ccc3s2)c1. The Labute approximate surface area is 192 Å². The van der Waals surface area contributed by atoms with Gasteiger partial charge in [0.05, 0.1) is 38.4 Å². The molecule has 4 aromatic rings. The van der Waals surface area contributed by atoms with Gasteiger partial charge in [0.1, 0.15) is 5.01 Å². The highest BCUT2D eigenvalue weighted by Crippen LogP contribution is 2.35. The number of aromatic nitrogens is 1. The third-order valence-corrected chi connectivity index (χ3v) is 7.51. The molecule has 1 N–H and O–H groups in total. The topological polar surface area (TPSA) is 82.9 Å². The van der Waals surface area contributed by atoms with Crippen LogP contribution in [-0.2, 0) is 22.6 Å². The average molecular weight is 488 g/mol. The average Bonchev–Trinajstić information content (AvgIpc) is 3.22. The van der Waals surface area contributed by atoms with Gasteiger partial charge in [0.15, 0.2) is 0 Å². The molecule has 0 saturated carbocycles. The summed E-state index contributed by atoms with van der Waals surface area (Å²) in [6.07, 6.45) is -4.35. The van der Waals surface area contributed by atoms with Gasteiger partial charge < -0.3 is 0 Å². The summed E-state index contributed by atoms with van der Waals surface area (Å²) in [4.78, 5) is 4.39. The Hall–Kier alpha value is -3.26. The van der Waals surface area contributed by atoms with Crippen LogP contribution in [-0.4, -0.2) is 13.4 Å². The zero-order valence-electron chi connectivity index (χ0n) is 16.9. The maximum Gasteiger partial charge on any atom is 0.416 e. The Balaban J connectivity index is 1.75. The number of hydrogen-bond acceptors (Lipinski definition) is 5. The normalized spacial score (nSPS) is 13.0. The second kappa shape index (κ2) is 8.94. The molecule has 1 aromatic heterocycles. The number of thiazole rings is 1. The quantitative estimate of drug-likeness (QED) is 0.392. The van der Waals surface area contributed by atoms with E-state index in [9.17, 15) is 26.9 Å². The van der Waals surface area contributed by atoms with Crippen molar-refractivity contribution in [1.82, 2.24) is 9.71 Å². The van der Waals surface area contributed by atoms with Gasteiger partial charge in [-0.2, -0.15) is 18.4 Å². The lowest BCUT2D eigenvalue weighted by Gasteiger charge is -2.17. The molecule has 1 unspecified atom stereocenters. The fourth-order valence-corrected chi connectivity index (χ4v) is 5.60. The summed E-state index contributed by atoms with van der Waals surface area (Å²) in [6.45, 7) is 0. The molecule has 33 heavy (non-hydrogen) atoms. The Kier molecular flexibility index (Phi) is 6.21. The molecule has 10 heteroatoms. The van der Waals surface area contributed by atoms with Crippen molar-refractivity contribution >= 4 is 31.6 Å². The minimum absolute atomic E-state index is 0.0567. The summed E-state index contributed by atoms with van der Waals surface area (Å²) in [6, 6.07) is 18.9. The number of halogens is 3. The van der Waals surface area contributed by atoms with E-state index in [1.165, 1.54) is 18.2 Å². The summed E-state index contributed by atoms with van der Waals surface area (Å²) >= 11 is 1.12. The van der Waals surface area contributed by atoms with Gasteiger partial charge in [0.2, 0.25) is 10.0 Å². The summed E-state index contributed by atoms with van der Waals surface area (Å²) in [5.41, 5.74) is 0.413. The van der Waals surface area contributed by atoms with Gasteiger partial charge in [-0.05, 0) is 54.4 Å². The molecule has 0 amide bonds. The predicted molar refractivity (Wildman–Crippen MR) is 119 cm³/mol. The van der Waals surface area contributed by atoms with Crippen molar-refractivity contribution < 1.29 is 21.6 Å². The van der Waals surface area contributed by atoms with Crippen molar-refractivity contribution in [2.75, 3.05) is 0 Å². The number of sulfonamides is 1. The Morgan fingerprint density at radius 1 is 1.03 bits per heavy atom.